The van der Waals surface area contributed by atoms with E-state index < -0.39 is 11.8 Å². The molecule has 90 valence electrons. The Hall–Kier alpha value is -1.73. The number of nitrogens with zero attached hydrogens (tertiary/aromatic N) is 1. The van der Waals surface area contributed by atoms with Crippen LogP contribution in [0.2, 0.25) is 5.02 Å². The zero-order valence-corrected chi connectivity index (χ0v) is 10.1. The number of amides is 2. The minimum Gasteiger partial charge on any atom is -0.392 e. The number of thiocarbonyl (C=S) groups is 1. The van der Waals surface area contributed by atoms with Gasteiger partial charge in [-0.15, -0.1) is 0 Å². The lowest BCUT2D eigenvalue weighted by Gasteiger charge is -2.05. The first kappa shape index (κ1) is 13.3. The predicted molar refractivity (Wildman–Crippen MR) is 67.7 cm³/mol. The second kappa shape index (κ2) is 6.12. The topological polar surface area (TPSA) is 97.1 Å². The average molecular weight is 273 g/mol. The number of nitrogens with one attached hydrogen (secondary N) is 2. The van der Waals surface area contributed by atoms with Gasteiger partial charge >= 0.3 is 11.8 Å². The van der Waals surface area contributed by atoms with Crippen LogP contribution in [0.3, 0.4) is 0 Å². The van der Waals surface area contributed by atoms with E-state index in [9.17, 15) is 9.59 Å². The zero-order valence-electron chi connectivity index (χ0n) is 8.57. The Kier molecular flexibility index (Phi) is 4.80. The standard InChI is InChI=1S/C9H9ClN4O2S/c10-5-2-1-3-12-7(5)14-9(16)8(15)13-4-6(11)17/h1-3H,4H2,(H2,11,17)(H,13,15)(H,12,14,16). The van der Waals surface area contributed by atoms with Gasteiger partial charge in [-0.2, -0.15) is 0 Å². The smallest absolute Gasteiger partial charge is 0.314 e. The average Bonchev–Trinajstić information content (AvgIpc) is 2.28. The third-order valence-electron chi connectivity index (χ3n) is 1.62. The minimum atomic E-state index is -0.887. The number of carbonyl (C=O) groups is 2. The summed E-state index contributed by atoms with van der Waals surface area (Å²) in [6.07, 6.45) is 1.44. The molecule has 0 bridgehead atoms. The van der Waals surface area contributed by atoms with Crippen molar-refractivity contribution in [2.75, 3.05) is 11.9 Å². The van der Waals surface area contributed by atoms with E-state index in [1.54, 1.807) is 6.07 Å². The number of hydrogen-bond acceptors (Lipinski definition) is 4. The summed E-state index contributed by atoms with van der Waals surface area (Å²) < 4.78 is 0. The summed E-state index contributed by atoms with van der Waals surface area (Å²) in [6, 6.07) is 3.14. The van der Waals surface area contributed by atoms with Crippen molar-refractivity contribution in [2.24, 2.45) is 5.73 Å². The molecule has 1 aromatic rings. The lowest BCUT2D eigenvalue weighted by atomic mass is 10.4. The number of halogens is 1. The Morgan fingerprint density at radius 3 is 2.76 bits per heavy atom. The van der Waals surface area contributed by atoms with E-state index in [4.69, 9.17) is 17.3 Å². The SMILES string of the molecule is NC(=S)CNC(=O)C(=O)Nc1ncccc1Cl. The van der Waals surface area contributed by atoms with Gasteiger partial charge in [-0.1, -0.05) is 23.8 Å². The number of anilines is 1. The number of hydrogen-bond donors (Lipinski definition) is 3. The fourth-order valence-corrected chi connectivity index (χ4v) is 1.13. The second-order valence-corrected chi connectivity index (χ2v) is 3.87. The lowest BCUT2D eigenvalue weighted by molar-refractivity contribution is -0.136. The van der Waals surface area contributed by atoms with Crippen LogP contribution < -0.4 is 16.4 Å². The van der Waals surface area contributed by atoms with Crippen molar-refractivity contribution in [3.8, 4) is 0 Å². The molecule has 0 spiro atoms. The maximum atomic E-state index is 11.4. The number of pyridine rings is 1. The van der Waals surface area contributed by atoms with Gasteiger partial charge in [0.05, 0.1) is 16.6 Å². The van der Waals surface area contributed by atoms with Crippen molar-refractivity contribution in [1.29, 1.82) is 0 Å². The highest BCUT2D eigenvalue weighted by molar-refractivity contribution is 7.80. The Balaban J connectivity index is 2.58. The van der Waals surface area contributed by atoms with E-state index in [2.05, 4.69) is 27.8 Å². The predicted octanol–water partition coefficient (Wildman–Crippen LogP) is 0.0758. The van der Waals surface area contributed by atoms with Gasteiger partial charge in [-0.05, 0) is 12.1 Å². The van der Waals surface area contributed by atoms with Crippen LogP contribution in [0.15, 0.2) is 18.3 Å². The molecule has 1 rings (SSSR count). The summed E-state index contributed by atoms with van der Waals surface area (Å²) >= 11 is 10.3. The van der Waals surface area contributed by atoms with Gasteiger partial charge in [-0.25, -0.2) is 4.98 Å². The highest BCUT2D eigenvalue weighted by Gasteiger charge is 2.15. The summed E-state index contributed by atoms with van der Waals surface area (Å²) in [5, 5.41) is 4.73. The summed E-state index contributed by atoms with van der Waals surface area (Å²) in [7, 11) is 0. The van der Waals surface area contributed by atoms with Gasteiger partial charge in [0.1, 0.15) is 0 Å². The molecular formula is C9H9ClN4O2S. The van der Waals surface area contributed by atoms with Crippen molar-refractivity contribution in [2.45, 2.75) is 0 Å². The van der Waals surface area contributed by atoms with Crippen LogP contribution in [0.5, 0.6) is 0 Å². The quantitative estimate of drug-likeness (QED) is 0.535. The molecule has 0 radical (unpaired) electrons. The van der Waals surface area contributed by atoms with Crippen molar-refractivity contribution in [3.63, 3.8) is 0 Å². The van der Waals surface area contributed by atoms with E-state index in [0.29, 0.717) is 0 Å². The maximum Gasteiger partial charge on any atom is 0.314 e. The van der Waals surface area contributed by atoms with E-state index >= 15 is 0 Å². The van der Waals surface area contributed by atoms with E-state index in [-0.39, 0.29) is 22.4 Å². The van der Waals surface area contributed by atoms with E-state index in [0.717, 1.165) is 0 Å². The third kappa shape index (κ3) is 4.33. The Morgan fingerprint density at radius 1 is 1.47 bits per heavy atom. The number of aromatic nitrogens is 1. The normalized spacial score (nSPS) is 9.47. The van der Waals surface area contributed by atoms with E-state index in [1.165, 1.54) is 12.3 Å². The fourth-order valence-electron chi connectivity index (χ4n) is 0.890. The zero-order chi connectivity index (χ0) is 12.8. The molecule has 0 saturated carbocycles. The van der Waals surface area contributed by atoms with Crippen molar-refractivity contribution >= 4 is 46.4 Å². The maximum absolute atomic E-state index is 11.4. The Labute approximate surface area is 108 Å². The summed E-state index contributed by atoms with van der Waals surface area (Å²) in [6.45, 7) is -0.0441. The Morgan fingerprint density at radius 2 is 2.18 bits per heavy atom. The van der Waals surface area contributed by atoms with Crippen LogP contribution in [-0.4, -0.2) is 28.3 Å². The molecule has 4 N–H and O–H groups in total. The van der Waals surface area contributed by atoms with Crippen molar-refractivity contribution in [1.82, 2.24) is 10.3 Å². The van der Waals surface area contributed by atoms with Crippen LogP contribution in [0, 0.1) is 0 Å². The molecule has 8 heteroatoms. The highest BCUT2D eigenvalue weighted by Crippen LogP contribution is 2.16. The summed E-state index contributed by atoms with van der Waals surface area (Å²) in [4.78, 5) is 26.5. The second-order valence-electron chi connectivity index (χ2n) is 2.94. The molecule has 0 fully saturated rings. The molecule has 0 aromatic carbocycles. The minimum absolute atomic E-state index is 0.0441. The van der Waals surface area contributed by atoms with Crippen LogP contribution in [-0.2, 0) is 9.59 Å². The van der Waals surface area contributed by atoms with Gasteiger partial charge in [0, 0.05) is 6.20 Å². The van der Waals surface area contributed by atoms with E-state index in [1.807, 2.05) is 0 Å². The fraction of sp³-hybridized carbons (Fsp3) is 0.111. The molecule has 1 aromatic heterocycles. The van der Waals surface area contributed by atoms with Crippen LogP contribution in [0.1, 0.15) is 0 Å². The number of nitrogens with two attached hydrogens (primary N) is 1. The van der Waals surface area contributed by atoms with Gasteiger partial charge in [0.25, 0.3) is 0 Å². The third-order valence-corrected chi connectivity index (χ3v) is 2.07. The van der Waals surface area contributed by atoms with Crippen LogP contribution in [0.25, 0.3) is 0 Å². The largest absolute Gasteiger partial charge is 0.392 e. The molecule has 0 aliphatic rings. The molecule has 0 atom stereocenters. The first-order valence-electron chi connectivity index (χ1n) is 4.48. The van der Waals surface area contributed by atoms with Crippen LogP contribution >= 0.6 is 23.8 Å². The molecule has 2 amide bonds. The van der Waals surface area contributed by atoms with Crippen molar-refractivity contribution < 1.29 is 9.59 Å². The molecule has 6 nitrogen and oxygen atoms in total. The van der Waals surface area contributed by atoms with Gasteiger partial charge in [-0.3, -0.25) is 9.59 Å². The van der Waals surface area contributed by atoms with Crippen molar-refractivity contribution in [3.05, 3.63) is 23.4 Å². The van der Waals surface area contributed by atoms with Gasteiger partial charge in [0.15, 0.2) is 5.82 Å². The van der Waals surface area contributed by atoms with Crippen LogP contribution in [0.4, 0.5) is 5.82 Å². The highest BCUT2D eigenvalue weighted by atomic mass is 35.5. The number of carbonyl (C=O) groups excluding carboxylic acids is 2. The molecular weight excluding hydrogens is 264 g/mol. The first-order valence-corrected chi connectivity index (χ1v) is 5.27. The monoisotopic (exact) mass is 272 g/mol. The molecule has 17 heavy (non-hydrogen) atoms. The van der Waals surface area contributed by atoms with Gasteiger partial charge < -0.3 is 16.4 Å². The molecule has 0 saturated heterocycles. The Bertz CT molecular complexity index is 466. The summed E-state index contributed by atoms with van der Waals surface area (Å²) in [5.74, 6) is -1.63. The molecule has 1 heterocycles. The summed E-state index contributed by atoms with van der Waals surface area (Å²) in [5.41, 5.74) is 5.17. The lowest BCUT2D eigenvalue weighted by Crippen LogP contribution is -2.39. The van der Waals surface area contributed by atoms with Gasteiger partial charge in [0.2, 0.25) is 0 Å². The number of rotatable bonds is 3. The first-order chi connectivity index (χ1) is 8.00. The molecule has 0 aliphatic carbocycles. The molecule has 0 unspecified atom stereocenters. The molecule has 0 aliphatic heterocycles.